The van der Waals surface area contributed by atoms with Gasteiger partial charge in [0, 0.05) is 19.5 Å². The van der Waals surface area contributed by atoms with Crippen molar-refractivity contribution < 1.29 is 9.53 Å². The number of anilines is 1. The Morgan fingerprint density at radius 1 is 1.17 bits per heavy atom. The summed E-state index contributed by atoms with van der Waals surface area (Å²) < 4.78 is 6.78. The Labute approximate surface area is 133 Å². The fraction of sp³-hybridized carbons (Fsp3) is 0.125. The number of carbonyl (C=O) groups excluding carboxylic acids is 1. The predicted molar refractivity (Wildman–Crippen MR) is 84.0 cm³/mol. The van der Waals surface area contributed by atoms with Gasteiger partial charge in [-0.3, -0.25) is 4.79 Å². The lowest BCUT2D eigenvalue weighted by atomic mass is 10.1. The van der Waals surface area contributed by atoms with Crippen LogP contribution in [-0.2, 0) is 9.53 Å². The van der Waals surface area contributed by atoms with Gasteiger partial charge in [0.15, 0.2) is 6.10 Å². The number of ether oxygens (including phenoxy) is 1. The van der Waals surface area contributed by atoms with Gasteiger partial charge < -0.3 is 10.1 Å². The van der Waals surface area contributed by atoms with Crippen molar-refractivity contribution in [1.82, 2.24) is 19.7 Å². The van der Waals surface area contributed by atoms with E-state index in [-0.39, 0.29) is 5.91 Å². The molecule has 0 spiro atoms. The molecule has 0 saturated carbocycles. The molecule has 0 unspecified atom stereocenters. The van der Waals surface area contributed by atoms with E-state index in [0.29, 0.717) is 11.6 Å². The third kappa shape index (κ3) is 3.41. The maximum atomic E-state index is 12.4. The number of carbonyl (C=O) groups is 1. The SMILES string of the molecule is CO[C@@H](C(=O)Nc1cnn(-c2ncccn2)c1)c1ccccc1. The standard InChI is InChI=1S/C16H15N5O2/c1-23-14(12-6-3-2-4-7-12)15(22)20-13-10-19-21(11-13)16-17-8-5-9-18-16/h2-11,14H,1H3,(H,20,22)/t14-/m1/s1. The zero-order valence-electron chi connectivity index (χ0n) is 12.5. The van der Waals surface area contributed by atoms with Crippen molar-refractivity contribution in [2.45, 2.75) is 6.10 Å². The van der Waals surface area contributed by atoms with Gasteiger partial charge in [0.25, 0.3) is 5.91 Å². The van der Waals surface area contributed by atoms with Crippen LogP contribution in [-0.4, -0.2) is 32.8 Å². The highest BCUT2D eigenvalue weighted by Crippen LogP contribution is 2.19. The number of rotatable bonds is 5. The van der Waals surface area contributed by atoms with Crippen LogP contribution in [0.1, 0.15) is 11.7 Å². The van der Waals surface area contributed by atoms with Crippen LogP contribution in [0.2, 0.25) is 0 Å². The average molecular weight is 309 g/mol. The van der Waals surface area contributed by atoms with Crippen LogP contribution < -0.4 is 5.32 Å². The maximum absolute atomic E-state index is 12.4. The van der Waals surface area contributed by atoms with Gasteiger partial charge in [-0.2, -0.15) is 5.10 Å². The number of amides is 1. The van der Waals surface area contributed by atoms with Crippen molar-refractivity contribution in [3.05, 3.63) is 66.7 Å². The highest BCUT2D eigenvalue weighted by atomic mass is 16.5. The first kappa shape index (κ1) is 14.9. The number of benzene rings is 1. The lowest BCUT2D eigenvalue weighted by molar-refractivity contribution is -0.126. The number of hydrogen-bond acceptors (Lipinski definition) is 5. The normalized spacial score (nSPS) is 11.9. The molecule has 1 atom stereocenters. The van der Waals surface area contributed by atoms with Crippen LogP contribution in [0.25, 0.3) is 5.95 Å². The zero-order chi connectivity index (χ0) is 16.1. The van der Waals surface area contributed by atoms with Crippen molar-refractivity contribution in [2.75, 3.05) is 12.4 Å². The molecule has 0 aliphatic rings. The summed E-state index contributed by atoms with van der Waals surface area (Å²) in [5.41, 5.74) is 1.33. The summed E-state index contributed by atoms with van der Waals surface area (Å²) in [6.07, 6.45) is 5.74. The van der Waals surface area contributed by atoms with E-state index in [1.54, 1.807) is 24.7 Å². The van der Waals surface area contributed by atoms with Gasteiger partial charge in [0.1, 0.15) is 0 Å². The number of aromatic nitrogens is 4. The average Bonchev–Trinajstić information content (AvgIpc) is 3.06. The molecule has 1 aromatic carbocycles. The van der Waals surface area contributed by atoms with E-state index < -0.39 is 6.10 Å². The quantitative estimate of drug-likeness (QED) is 0.779. The summed E-state index contributed by atoms with van der Waals surface area (Å²) in [6.45, 7) is 0. The van der Waals surface area contributed by atoms with Crippen molar-refractivity contribution >= 4 is 11.6 Å². The van der Waals surface area contributed by atoms with Crippen molar-refractivity contribution in [2.24, 2.45) is 0 Å². The Balaban J connectivity index is 1.74. The van der Waals surface area contributed by atoms with E-state index in [1.807, 2.05) is 30.3 Å². The molecule has 3 aromatic rings. The lowest BCUT2D eigenvalue weighted by Gasteiger charge is -2.14. The van der Waals surface area contributed by atoms with Gasteiger partial charge in [0.05, 0.1) is 18.1 Å². The lowest BCUT2D eigenvalue weighted by Crippen LogP contribution is -2.22. The molecular formula is C16H15N5O2. The third-order valence-electron chi connectivity index (χ3n) is 3.18. The molecule has 1 amide bonds. The second kappa shape index (κ2) is 6.80. The molecule has 1 N–H and O–H groups in total. The summed E-state index contributed by atoms with van der Waals surface area (Å²) in [5, 5.41) is 6.91. The zero-order valence-corrected chi connectivity index (χ0v) is 12.5. The molecule has 7 nitrogen and oxygen atoms in total. The summed E-state index contributed by atoms with van der Waals surface area (Å²) in [6, 6.07) is 11.0. The van der Waals surface area contributed by atoms with Crippen LogP contribution in [0.5, 0.6) is 0 Å². The van der Waals surface area contributed by atoms with Crippen LogP contribution >= 0.6 is 0 Å². The van der Waals surface area contributed by atoms with Gasteiger partial charge in [-0.05, 0) is 11.6 Å². The van der Waals surface area contributed by atoms with E-state index >= 15 is 0 Å². The molecule has 3 rings (SSSR count). The smallest absolute Gasteiger partial charge is 0.258 e. The van der Waals surface area contributed by atoms with Gasteiger partial charge in [-0.25, -0.2) is 14.6 Å². The fourth-order valence-electron chi connectivity index (χ4n) is 2.14. The monoisotopic (exact) mass is 309 g/mol. The highest BCUT2D eigenvalue weighted by Gasteiger charge is 2.20. The van der Waals surface area contributed by atoms with E-state index in [2.05, 4.69) is 20.4 Å². The third-order valence-corrected chi connectivity index (χ3v) is 3.18. The Morgan fingerprint density at radius 2 is 1.91 bits per heavy atom. The van der Waals surface area contributed by atoms with E-state index in [1.165, 1.54) is 18.0 Å². The van der Waals surface area contributed by atoms with Crippen molar-refractivity contribution in [1.29, 1.82) is 0 Å². The largest absolute Gasteiger partial charge is 0.367 e. The van der Waals surface area contributed by atoms with E-state index in [0.717, 1.165) is 5.56 Å². The fourth-order valence-corrected chi connectivity index (χ4v) is 2.14. The second-order valence-electron chi connectivity index (χ2n) is 4.74. The number of nitrogens with one attached hydrogen (secondary N) is 1. The van der Waals surface area contributed by atoms with Crippen molar-refractivity contribution in [3.8, 4) is 5.95 Å². The van der Waals surface area contributed by atoms with E-state index in [4.69, 9.17) is 4.74 Å². The molecule has 0 radical (unpaired) electrons. The molecule has 0 aliphatic heterocycles. The van der Waals surface area contributed by atoms with Crippen LogP contribution in [0.3, 0.4) is 0 Å². The second-order valence-corrected chi connectivity index (χ2v) is 4.74. The molecule has 7 heteroatoms. The minimum Gasteiger partial charge on any atom is -0.367 e. The molecule has 0 bridgehead atoms. The molecular weight excluding hydrogens is 294 g/mol. The first-order valence-corrected chi connectivity index (χ1v) is 6.98. The Hall–Kier alpha value is -3.06. The highest BCUT2D eigenvalue weighted by molar-refractivity contribution is 5.94. The summed E-state index contributed by atoms with van der Waals surface area (Å²) >= 11 is 0. The number of nitrogens with zero attached hydrogens (tertiary/aromatic N) is 4. The Bertz CT molecular complexity index is 773. The molecule has 2 aromatic heterocycles. The topological polar surface area (TPSA) is 81.9 Å². The number of hydrogen-bond donors (Lipinski definition) is 1. The number of methoxy groups -OCH3 is 1. The van der Waals surface area contributed by atoms with Crippen molar-refractivity contribution in [3.63, 3.8) is 0 Å². The molecule has 2 heterocycles. The predicted octanol–water partition coefficient (Wildman–Crippen LogP) is 1.99. The first-order chi connectivity index (χ1) is 11.3. The summed E-state index contributed by atoms with van der Waals surface area (Å²) in [7, 11) is 1.50. The molecule has 0 fully saturated rings. The molecule has 0 aliphatic carbocycles. The van der Waals surface area contributed by atoms with Crippen LogP contribution in [0.15, 0.2) is 61.2 Å². The summed E-state index contributed by atoms with van der Waals surface area (Å²) in [5.74, 6) is 0.159. The van der Waals surface area contributed by atoms with Gasteiger partial charge in [-0.1, -0.05) is 30.3 Å². The van der Waals surface area contributed by atoms with Gasteiger partial charge in [-0.15, -0.1) is 0 Å². The summed E-state index contributed by atoms with van der Waals surface area (Å²) in [4.78, 5) is 20.6. The Morgan fingerprint density at radius 3 is 2.61 bits per heavy atom. The molecule has 0 saturated heterocycles. The minimum absolute atomic E-state index is 0.271. The first-order valence-electron chi connectivity index (χ1n) is 6.98. The van der Waals surface area contributed by atoms with E-state index in [9.17, 15) is 4.79 Å². The van der Waals surface area contributed by atoms with Gasteiger partial charge in [0.2, 0.25) is 5.95 Å². The van der Waals surface area contributed by atoms with Gasteiger partial charge >= 0.3 is 0 Å². The van der Waals surface area contributed by atoms with Crippen LogP contribution in [0.4, 0.5) is 5.69 Å². The minimum atomic E-state index is -0.687. The molecule has 23 heavy (non-hydrogen) atoms. The Kier molecular flexibility index (Phi) is 4.39. The maximum Gasteiger partial charge on any atom is 0.258 e. The molecule has 116 valence electrons. The van der Waals surface area contributed by atoms with Crippen LogP contribution in [0, 0.1) is 0 Å².